The quantitative estimate of drug-likeness (QED) is 0.278. The monoisotopic (exact) mass is 408 g/mol. The zero-order valence-electron chi connectivity index (χ0n) is 19.5. The molecule has 0 radical (unpaired) electrons. The topological polar surface area (TPSA) is 9.23 Å². The summed E-state index contributed by atoms with van der Waals surface area (Å²) in [6, 6.07) is 9.28. The summed E-state index contributed by atoms with van der Waals surface area (Å²) >= 11 is 0. The van der Waals surface area contributed by atoms with E-state index in [-0.39, 0.29) is 0 Å². The van der Waals surface area contributed by atoms with Crippen molar-refractivity contribution in [1.29, 1.82) is 0 Å². The predicted molar refractivity (Wildman–Crippen MR) is 130 cm³/mol. The summed E-state index contributed by atoms with van der Waals surface area (Å²) in [5.41, 5.74) is 2.85. The summed E-state index contributed by atoms with van der Waals surface area (Å²) in [6.07, 6.45) is 24.3. The first-order valence-electron chi connectivity index (χ1n) is 12.7. The van der Waals surface area contributed by atoms with E-state index < -0.39 is 0 Å². The van der Waals surface area contributed by atoms with Gasteiger partial charge in [-0.25, -0.2) is 0 Å². The summed E-state index contributed by atoms with van der Waals surface area (Å²) in [5, 5.41) is 0. The maximum Gasteiger partial charge on any atom is 0.0721 e. The summed E-state index contributed by atoms with van der Waals surface area (Å²) in [4.78, 5) is 0. The van der Waals surface area contributed by atoms with Gasteiger partial charge >= 0.3 is 0 Å². The molecule has 166 valence electrons. The van der Waals surface area contributed by atoms with Crippen molar-refractivity contribution in [3.63, 3.8) is 0 Å². The summed E-state index contributed by atoms with van der Waals surface area (Å²) in [5.74, 6) is 3.80. The number of rotatable bonds is 10. The predicted octanol–water partition coefficient (Wildman–Crippen LogP) is 8.61. The molecule has 0 aromatic heterocycles. The third kappa shape index (κ3) is 7.41. The molecule has 2 saturated carbocycles. The van der Waals surface area contributed by atoms with E-state index in [1.54, 1.807) is 5.56 Å². The van der Waals surface area contributed by atoms with Gasteiger partial charge in [0.05, 0.1) is 13.2 Å². The molecule has 0 N–H and O–H groups in total. The molecule has 0 atom stereocenters. The molecule has 1 aromatic rings. The second-order valence-corrected chi connectivity index (χ2v) is 9.68. The first-order valence-corrected chi connectivity index (χ1v) is 12.7. The number of benzene rings is 1. The molecular weight excluding hydrogens is 364 g/mol. The highest BCUT2D eigenvalue weighted by Crippen LogP contribution is 2.44. The highest BCUT2D eigenvalue weighted by Gasteiger charge is 2.31. The van der Waals surface area contributed by atoms with E-state index in [4.69, 9.17) is 4.74 Å². The third-order valence-electron chi connectivity index (χ3n) is 7.64. The first kappa shape index (κ1) is 23.3. The standard InChI is InChI=1S/C29H44O/c1-3-5-7-9-24-10-14-26(15-11-24)28-18-20-29(21-19-28)27-16-12-25(13-17-27)23-30-22-8-6-4-2/h3,5-6,8,12-13,16-17,24,26,28-29H,4,7,9-11,14-15,18-23H2,1-2H3/t24-,26-,28-,29-. The van der Waals surface area contributed by atoms with Crippen LogP contribution in [0.1, 0.15) is 102 Å². The van der Waals surface area contributed by atoms with E-state index in [0.717, 1.165) is 43.3 Å². The molecule has 3 rings (SSSR count). The molecule has 30 heavy (non-hydrogen) atoms. The lowest BCUT2D eigenvalue weighted by molar-refractivity contribution is 0.148. The normalized spacial score (nSPS) is 27.8. The van der Waals surface area contributed by atoms with Crippen LogP contribution >= 0.6 is 0 Å². The molecule has 0 bridgehead atoms. The fraction of sp³-hybridized carbons (Fsp3) is 0.655. The van der Waals surface area contributed by atoms with Crippen LogP contribution in [0.5, 0.6) is 0 Å². The number of hydrogen-bond donors (Lipinski definition) is 0. The minimum atomic E-state index is 0.720. The van der Waals surface area contributed by atoms with Crippen molar-refractivity contribution in [3.8, 4) is 0 Å². The van der Waals surface area contributed by atoms with Crippen molar-refractivity contribution in [1.82, 2.24) is 0 Å². The molecular formula is C29H44O. The molecule has 0 unspecified atom stereocenters. The molecule has 1 aromatic carbocycles. The Morgan fingerprint density at radius 3 is 2.13 bits per heavy atom. The van der Waals surface area contributed by atoms with E-state index in [1.165, 1.54) is 69.8 Å². The van der Waals surface area contributed by atoms with Gasteiger partial charge in [-0.15, -0.1) is 0 Å². The summed E-state index contributed by atoms with van der Waals surface area (Å²) in [7, 11) is 0. The van der Waals surface area contributed by atoms with Crippen molar-refractivity contribution in [3.05, 3.63) is 59.7 Å². The maximum atomic E-state index is 5.73. The van der Waals surface area contributed by atoms with Gasteiger partial charge in [0.15, 0.2) is 0 Å². The van der Waals surface area contributed by atoms with Gasteiger partial charge in [-0.05, 0) is 99.5 Å². The van der Waals surface area contributed by atoms with Crippen LogP contribution in [0.2, 0.25) is 0 Å². The lowest BCUT2D eigenvalue weighted by Gasteiger charge is -2.38. The Morgan fingerprint density at radius 1 is 0.833 bits per heavy atom. The molecule has 1 nitrogen and oxygen atoms in total. The highest BCUT2D eigenvalue weighted by atomic mass is 16.5. The lowest BCUT2D eigenvalue weighted by Crippen LogP contribution is -2.25. The second-order valence-electron chi connectivity index (χ2n) is 9.68. The van der Waals surface area contributed by atoms with Gasteiger partial charge in [0, 0.05) is 0 Å². The van der Waals surface area contributed by atoms with Gasteiger partial charge in [-0.3, -0.25) is 0 Å². The lowest BCUT2D eigenvalue weighted by atomic mass is 9.68. The van der Waals surface area contributed by atoms with Crippen LogP contribution in [-0.2, 0) is 11.3 Å². The Balaban J connectivity index is 1.36. The van der Waals surface area contributed by atoms with Gasteiger partial charge in [0.25, 0.3) is 0 Å². The molecule has 2 aliphatic rings. The van der Waals surface area contributed by atoms with Crippen molar-refractivity contribution in [2.75, 3.05) is 6.61 Å². The van der Waals surface area contributed by atoms with Crippen molar-refractivity contribution in [2.24, 2.45) is 17.8 Å². The van der Waals surface area contributed by atoms with Crippen LogP contribution in [0.3, 0.4) is 0 Å². The van der Waals surface area contributed by atoms with E-state index in [9.17, 15) is 0 Å². The van der Waals surface area contributed by atoms with Gasteiger partial charge in [-0.1, -0.05) is 68.3 Å². The van der Waals surface area contributed by atoms with Crippen molar-refractivity contribution >= 4 is 0 Å². The highest BCUT2D eigenvalue weighted by molar-refractivity contribution is 5.25. The van der Waals surface area contributed by atoms with Crippen LogP contribution in [0.25, 0.3) is 0 Å². The molecule has 0 heterocycles. The average Bonchev–Trinajstić information content (AvgIpc) is 2.80. The molecule has 2 aliphatic carbocycles. The van der Waals surface area contributed by atoms with Crippen LogP contribution in [0.15, 0.2) is 48.6 Å². The fourth-order valence-electron chi connectivity index (χ4n) is 5.74. The van der Waals surface area contributed by atoms with Gasteiger partial charge in [0.1, 0.15) is 0 Å². The van der Waals surface area contributed by atoms with Crippen molar-refractivity contribution < 1.29 is 4.74 Å². The van der Waals surface area contributed by atoms with E-state index in [2.05, 4.69) is 62.4 Å². The molecule has 0 amide bonds. The van der Waals surface area contributed by atoms with Crippen LogP contribution < -0.4 is 0 Å². The van der Waals surface area contributed by atoms with Crippen LogP contribution in [-0.4, -0.2) is 6.61 Å². The average molecular weight is 409 g/mol. The van der Waals surface area contributed by atoms with Crippen molar-refractivity contribution in [2.45, 2.75) is 97.0 Å². The molecule has 2 fully saturated rings. The smallest absolute Gasteiger partial charge is 0.0721 e. The SMILES string of the molecule is CC=CCC[C@H]1CC[C@H]([C@H]2CC[C@H](c3ccc(COCC=CCC)cc3)CC2)CC1. The third-order valence-corrected chi connectivity index (χ3v) is 7.64. The van der Waals surface area contributed by atoms with Gasteiger partial charge in [0.2, 0.25) is 0 Å². The zero-order valence-corrected chi connectivity index (χ0v) is 19.5. The molecule has 0 aliphatic heterocycles. The molecule has 0 saturated heterocycles. The Labute approximate surface area is 186 Å². The Hall–Kier alpha value is -1.34. The molecule has 1 heteroatoms. The van der Waals surface area contributed by atoms with Gasteiger partial charge in [-0.2, -0.15) is 0 Å². The first-order chi connectivity index (χ1) is 14.8. The van der Waals surface area contributed by atoms with E-state index in [0.29, 0.717) is 0 Å². The fourth-order valence-corrected chi connectivity index (χ4v) is 5.74. The van der Waals surface area contributed by atoms with E-state index >= 15 is 0 Å². The minimum absolute atomic E-state index is 0.720. The Kier molecular flexibility index (Phi) is 10.2. The van der Waals surface area contributed by atoms with Crippen LogP contribution in [0, 0.1) is 17.8 Å². The minimum Gasteiger partial charge on any atom is -0.373 e. The second kappa shape index (κ2) is 13.2. The number of ether oxygens (including phenoxy) is 1. The Bertz CT molecular complexity index is 625. The number of hydrogen-bond acceptors (Lipinski definition) is 1. The molecule has 0 spiro atoms. The van der Waals surface area contributed by atoms with E-state index in [1.807, 2.05) is 0 Å². The van der Waals surface area contributed by atoms with Crippen LogP contribution in [0.4, 0.5) is 0 Å². The summed E-state index contributed by atoms with van der Waals surface area (Å²) < 4.78 is 5.73. The van der Waals surface area contributed by atoms with Gasteiger partial charge < -0.3 is 4.74 Å². The summed E-state index contributed by atoms with van der Waals surface area (Å²) in [6.45, 7) is 5.74. The Morgan fingerprint density at radius 2 is 1.50 bits per heavy atom. The maximum absolute atomic E-state index is 5.73. The largest absolute Gasteiger partial charge is 0.373 e. The number of allylic oxidation sites excluding steroid dienone is 3. The zero-order chi connectivity index (χ0) is 21.0.